The first-order chi connectivity index (χ1) is 9.97. The highest BCUT2D eigenvalue weighted by atomic mass is 16.4. The van der Waals surface area contributed by atoms with Gasteiger partial charge in [0.15, 0.2) is 5.82 Å². The van der Waals surface area contributed by atoms with E-state index < -0.39 is 18.1 Å². The lowest BCUT2D eigenvalue weighted by molar-refractivity contribution is -0.138. The number of aliphatic carboxylic acids is 1. The van der Waals surface area contributed by atoms with Crippen molar-refractivity contribution in [3.8, 4) is 0 Å². The van der Waals surface area contributed by atoms with Crippen molar-refractivity contribution in [3.63, 3.8) is 0 Å². The van der Waals surface area contributed by atoms with E-state index in [0.717, 1.165) is 11.2 Å². The topological polar surface area (TPSA) is 91.0 Å². The number of hydrogen-bond donors (Lipinski definition) is 2. The number of β-amino-alcohol motifs (C(OH)–C–C–N with tert-alkyl or cyclic N) is 1. The van der Waals surface area contributed by atoms with Crippen molar-refractivity contribution in [1.29, 1.82) is 0 Å². The van der Waals surface area contributed by atoms with Gasteiger partial charge in [0, 0.05) is 25.4 Å². The summed E-state index contributed by atoms with van der Waals surface area (Å²) in [6, 6.07) is 1.17. The molecule has 2 unspecified atom stereocenters. The van der Waals surface area contributed by atoms with Crippen molar-refractivity contribution in [2.24, 2.45) is 0 Å². The number of anilines is 1. The fraction of sp³-hybridized carbons (Fsp3) is 0.500. The normalized spacial score (nSPS) is 22.4. The van der Waals surface area contributed by atoms with E-state index in [1.54, 1.807) is 21.8 Å². The number of aromatic nitrogens is 3. The van der Waals surface area contributed by atoms with E-state index in [1.807, 2.05) is 6.07 Å². The number of hydrogen-bond acceptors (Lipinski definition) is 5. The Bertz CT molecular complexity index is 682. The molecule has 2 aromatic heterocycles. The van der Waals surface area contributed by atoms with Gasteiger partial charge in [0.25, 0.3) is 0 Å². The minimum atomic E-state index is -0.945. The highest BCUT2D eigenvalue weighted by Crippen LogP contribution is 2.29. The van der Waals surface area contributed by atoms with Gasteiger partial charge in [0.1, 0.15) is 11.6 Å². The Balaban J connectivity index is 2.09. The third kappa shape index (κ3) is 2.33. The monoisotopic (exact) mass is 290 g/mol. The van der Waals surface area contributed by atoms with E-state index in [4.69, 9.17) is 0 Å². The summed E-state index contributed by atoms with van der Waals surface area (Å²) in [5.41, 5.74) is 1.69. The van der Waals surface area contributed by atoms with Crippen LogP contribution in [0.4, 0.5) is 5.82 Å². The van der Waals surface area contributed by atoms with Gasteiger partial charge in [0.2, 0.25) is 0 Å². The first kappa shape index (κ1) is 13.8. The van der Waals surface area contributed by atoms with Gasteiger partial charge in [-0.3, -0.25) is 0 Å². The van der Waals surface area contributed by atoms with Crippen LogP contribution in [-0.2, 0) is 4.79 Å². The van der Waals surface area contributed by atoms with Crippen LogP contribution < -0.4 is 4.90 Å². The Morgan fingerprint density at radius 1 is 1.48 bits per heavy atom. The zero-order valence-corrected chi connectivity index (χ0v) is 12.0. The van der Waals surface area contributed by atoms with Crippen LogP contribution in [0.5, 0.6) is 0 Å². The minimum Gasteiger partial charge on any atom is -0.480 e. The van der Waals surface area contributed by atoms with Gasteiger partial charge < -0.3 is 15.1 Å². The average Bonchev–Trinajstić information content (AvgIpc) is 3.01. The molecule has 0 bridgehead atoms. The summed E-state index contributed by atoms with van der Waals surface area (Å²) in [6.45, 7) is 4.37. The molecule has 0 aliphatic carbocycles. The van der Waals surface area contributed by atoms with Crippen LogP contribution in [0, 0.1) is 0 Å². The minimum absolute atomic E-state index is 0.212. The van der Waals surface area contributed by atoms with E-state index >= 15 is 0 Å². The number of fused-ring (bicyclic) bond motifs is 1. The number of aliphatic hydroxyl groups excluding tert-OH is 1. The molecule has 0 aromatic carbocycles. The number of nitrogens with zero attached hydrogens (tertiary/aromatic N) is 4. The second kappa shape index (κ2) is 5.00. The Morgan fingerprint density at radius 3 is 2.90 bits per heavy atom. The molecular weight excluding hydrogens is 272 g/mol. The lowest BCUT2D eigenvalue weighted by Gasteiger charge is -2.22. The van der Waals surface area contributed by atoms with Gasteiger partial charge in [-0.2, -0.15) is 5.10 Å². The van der Waals surface area contributed by atoms with Gasteiger partial charge >= 0.3 is 5.97 Å². The van der Waals surface area contributed by atoms with E-state index in [0.29, 0.717) is 5.82 Å². The van der Waals surface area contributed by atoms with Gasteiger partial charge in [0.05, 0.1) is 11.8 Å². The molecule has 2 aromatic rings. The summed E-state index contributed by atoms with van der Waals surface area (Å²) in [4.78, 5) is 17.3. The lowest BCUT2D eigenvalue weighted by atomic mass is 10.1. The molecule has 7 nitrogen and oxygen atoms in total. The van der Waals surface area contributed by atoms with Gasteiger partial charge in [-0.25, -0.2) is 14.3 Å². The molecule has 112 valence electrons. The highest BCUT2D eigenvalue weighted by molar-refractivity contribution is 5.82. The fourth-order valence-electron chi connectivity index (χ4n) is 2.71. The van der Waals surface area contributed by atoms with Crippen LogP contribution in [0.1, 0.15) is 31.9 Å². The summed E-state index contributed by atoms with van der Waals surface area (Å²) < 4.78 is 1.71. The summed E-state index contributed by atoms with van der Waals surface area (Å²) >= 11 is 0. The van der Waals surface area contributed by atoms with Crippen molar-refractivity contribution in [3.05, 3.63) is 24.2 Å². The molecule has 2 N–H and O–H groups in total. The van der Waals surface area contributed by atoms with Crippen LogP contribution in [0.3, 0.4) is 0 Å². The van der Waals surface area contributed by atoms with E-state index in [-0.39, 0.29) is 18.9 Å². The molecular formula is C14H18N4O3. The average molecular weight is 290 g/mol. The second-order valence-corrected chi connectivity index (χ2v) is 5.70. The maximum Gasteiger partial charge on any atom is 0.326 e. The Morgan fingerprint density at radius 2 is 2.24 bits per heavy atom. The van der Waals surface area contributed by atoms with Crippen LogP contribution >= 0.6 is 0 Å². The van der Waals surface area contributed by atoms with Crippen molar-refractivity contribution in [1.82, 2.24) is 14.6 Å². The molecule has 0 spiro atoms. The predicted molar refractivity (Wildman–Crippen MR) is 76.5 cm³/mol. The molecule has 7 heteroatoms. The molecule has 1 fully saturated rings. The van der Waals surface area contributed by atoms with Crippen molar-refractivity contribution in [2.45, 2.75) is 38.3 Å². The van der Waals surface area contributed by atoms with Crippen LogP contribution in [0.15, 0.2) is 18.5 Å². The Labute approximate surface area is 121 Å². The molecule has 0 saturated carbocycles. The van der Waals surface area contributed by atoms with Crippen LogP contribution in [0.2, 0.25) is 0 Å². The number of carbonyl (C=O) groups is 1. The fourth-order valence-corrected chi connectivity index (χ4v) is 2.71. The first-order valence-electron chi connectivity index (χ1n) is 6.99. The van der Waals surface area contributed by atoms with E-state index in [2.05, 4.69) is 23.9 Å². The smallest absolute Gasteiger partial charge is 0.326 e. The molecule has 0 amide bonds. The molecule has 21 heavy (non-hydrogen) atoms. The summed E-state index contributed by atoms with van der Waals surface area (Å²) in [7, 11) is 0. The zero-order valence-electron chi connectivity index (χ0n) is 12.0. The van der Waals surface area contributed by atoms with E-state index in [9.17, 15) is 15.0 Å². The zero-order chi connectivity index (χ0) is 15.1. The number of rotatable bonds is 3. The predicted octanol–water partition coefficient (Wildman–Crippen LogP) is 0.877. The number of carboxylic acid groups (broad SMARTS) is 1. The molecule has 3 heterocycles. The van der Waals surface area contributed by atoms with E-state index in [1.165, 1.54) is 0 Å². The van der Waals surface area contributed by atoms with Crippen molar-refractivity contribution in [2.75, 3.05) is 11.4 Å². The molecule has 0 radical (unpaired) electrons. The van der Waals surface area contributed by atoms with Crippen molar-refractivity contribution >= 4 is 17.3 Å². The first-order valence-corrected chi connectivity index (χ1v) is 6.99. The lowest BCUT2D eigenvalue weighted by Crippen LogP contribution is -2.36. The number of carboxylic acids is 1. The van der Waals surface area contributed by atoms with Gasteiger partial charge in [-0.05, 0) is 12.0 Å². The molecule has 1 aliphatic rings. The third-order valence-electron chi connectivity index (χ3n) is 3.82. The Hall–Kier alpha value is -2.15. The standard InChI is InChI=1S/C14H18N4O3/c1-8(2)10-6-11-13(15-3-4-18(11)16-10)17-7-9(19)5-12(17)14(20)21/h3-4,6,8-9,12,19H,5,7H2,1-2H3,(H,20,21). The molecule has 2 atom stereocenters. The highest BCUT2D eigenvalue weighted by Gasteiger charge is 2.37. The maximum absolute atomic E-state index is 11.4. The number of aliphatic hydroxyl groups is 1. The largest absolute Gasteiger partial charge is 0.480 e. The Kier molecular flexibility index (Phi) is 3.29. The SMILES string of the molecule is CC(C)c1cc2c(N3CC(O)CC3C(=O)O)nccn2n1. The van der Waals surface area contributed by atoms with Crippen LogP contribution in [0.25, 0.3) is 5.52 Å². The molecule has 3 rings (SSSR count). The molecule has 1 aliphatic heterocycles. The third-order valence-corrected chi connectivity index (χ3v) is 3.82. The van der Waals surface area contributed by atoms with Crippen molar-refractivity contribution < 1.29 is 15.0 Å². The summed E-state index contributed by atoms with van der Waals surface area (Å²) in [6.07, 6.45) is 2.90. The van der Waals surface area contributed by atoms with Crippen LogP contribution in [-0.4, -0.2) is 49.5 Å². The maximum atomic E-state index is 11.4. The van der Waals surface area contributed by atoms with Gasteiger partial charge in [-0.1, -0.05) is 13.8 Å². The summed E-state index contributed by atoms with van der Waals surface area (Å²) in [5.74, 6) is -0.114. The molecule has 1 saturated heterocycles. The second-order valence-electron chi connectivity index (χ2n) is 5.70. The quantitative estimate of drug-likeness (QED) is 0.872. The summed E-state index contributed by atoms with van der Waals surface area (Å²) in [5, 5.41) is 23.6. The van der Waals surface area contributed by atoms with Gasteiger partial charge in [-0.15, -0.1) is 0 Å².